The number of hydrogen-bond donors (Lipinski definition) is 2. The number of sulfone groups is 1. The lowest BCUT2D eigenvalue weighted by atomic mass is 9.99. The molecule has 0 saturated heterocycles. The molecule has 1 unspecified atom stereocenters. The molecule has 2 N–H and O–H groups in total. The van der Waals surface area contributed by atoms with Crippen LogP contribution in [0.15, 0.2) is 47.5 Å². The van der Waals surface area contributed by atoms with Gasteiger partial charge in [-0.25, -0.2) is 12.8 Å². The van der Waals surface area contributed by atoms with Crippen molar-refractivity contribution >= 4 is 39.8 Å². The number of aryl methyl sites for hydroxylation is 1. The molecule has 160 valence electrons. The molecule has 0 saturated carbocycles. The second kappa shape index (κ2) is 11.5. The summed E-state index contributed by atoms with van der Waals surface area (Å²) in [7, 11) is -1.55. The van der Waals surface area contributed by atoms with Crippen molar-refractivity contribution in [3.63, 3.8) is 0 Å². The summed E-state index contributed by atoms with van der Waals surface area (Å²) in [5, 5.41) is 6.40. The van der Waals surface area contributed by atoms with Crippen molar-refractivity contribution in [3.05, 3.63) is 70.5 Å². The Bertz CT molecular complexity index is 949. The average Bonchev–Trinajstić information content (AvgIpc) is 2.62. The van der Waals surface area contributed by atoms with Gasteiger partial charge >= 0.3 is 0 Å². The standard InChI is InChI=1S/C21H28FN3O2S.HI/c1-15-6-5-7-17(10-15)16(2)12-24-21(23-3)25-13-19-11-20(22)9-8-18(19)14-28(4,26)27;/h5-11,16H,12-14H2,1-4H3,(H2,23,24,25);1H. The molecular formula is C21H29FIN3O2S. The molecule has 0 aromatic heterocycles. The third-order valence-electron chi connectivity index (χ3n) is 4.44. The van der Waals surface area contributed by atoms with Gasteiger partial charge in [-0.3, -0.25) is 4.99 Å². The summed E-state index contributed by atoms with van der Waals surface area (Å²) in [6.45, 7) is 5.16. The minimum Gasteiger partial charge on any atom is -0.356 e. The van der Waals surface area contributed by atoms with E-state index in [-0.39, 0.29) is 42.2 Å². The third kappa shape index (κ3) is 8.69. The van der Waals surface area contributed by atoms with E-state index in [1.165, 1.54) is 35.6 Å². The van der Waals surface area contributed by atoms with Crippen LogP contribution >= 0.6 is 24.0 Å². The maximum absolute atomic E-state index is 13.6. The first-order chi connectivity index (χ1) is 13.2. The summed E-state index contributed by atoms with van der Waals surface area (Å²) < 4.78 is 36.9. The van der Waals surface area contributed by atoms with E-state index < -0.39 is 15.7 Å². The van der Waals surface area contributed by atoms with E-state index in [9.17, 15) is 12.8 Å². The number of halogens is 2. The predicted octanol–water partition coefficient (Wildman–Crippen LogP) is 3.77. The Labute approximate surface area is 190 Å². The third-order valence-corrected chi connectivity index (χ3v) is 5.28. The molecule has 8 heteroatoms. The van der Waals surface area contributed by atoms with Gasteiger partial charge < -0.3 is 10.6 Å². The second-order valence-electron chi connectivity index (χ2n) is 7.10. The number of aliphatic imine (C=N–C) groups is 1. The van der Waals surface area contributed by atoms with Crippen molar-refractivity contribution in [2.45, 2.75) is 32.1 Å². The highest BCUT2D eigenvalue weighted by molar-refractivity contribution is 14.0. The molecular weight excluding hydrogens is 504 g/mol. The van der Waals surface area contributed by atoms with Crippen molar-refractivity contribution in [2.75, 3.05) is 19.8 Å². The van der Waals surface area contributed by atoms with E-state index >= 15 is 0 Å². The van der Waals surface area contributed by atoms with Gasteiger partial charge in [0.2, 0.25) is 0 Å². The molecule has 29 heavy (non-hydrogen) atoms. The summed E-state index contributed by atoms with van der Waals surface area (Å²) in [6.07, 6.45) is 1.17. The highest BCUT2D eigenvalue weighted by atomic mass is 127. The van der Waals surface area contributed by atoms with Crippen LogP contribution in [0.2, 0.25) is 0 Å². The summed E-state index contributed by atoms with van der Waals surface area (Å²) in [6, 6.07) is 12.5. The van der Waals surface area contributed by atoms with Gasteiger partial charge in [0.15, 0.2) is 15.8 Å². The minimum absolute atomic E-state index is 0. The molecule has 0 radical (unpaired) electrons. The number of guanidine groups is 1. The smallest absolute Gasteiger partial charge is 0.191 e. The van der Waals surface area contributed by atoms with Crippen LogP contribution in [0.4, 0.5) is 4.39 Å². The van der Waals surface area contributed by atoms with Gasteiger partial charge in [0.25, 0.3) is 0 Å². The maximum atomic E-state index is 13.6. The zero-order valence-corrected chi connectivity index (χ0v) is 20.3. The highest BCUT2D eigenvalue weighted by Gasteiger charge is 2.12. The van der Waals surface area contributed by atoms with Gasteiger partial charge in [-0.05, 0) is 41.7 Å². The molecule has 2 rings (SSSR count). The second-order valence-corrected chi connectivity index (χ2v) is 9.25. The monoisotopic (exact) mass is 533 g/mol. The molecule has 0 heterocycles. The minimum atomic E-state index is -3.21. The first-order valence-electron chi connectivity index (χ1n) is 9.14. The molecule has 0 spiro atoms. The van der Waals surface area contributed by atoms with Crippen molar-refractivity contribution in [1.29, 1.82) is 0 Å². The molecule has 0 amide bonds. The molecule has 0 bridgehead atoms. The largest absolute Gasteiger partial charge is 0.356 e. The quantitative estimate of drug-likeness (QED) is 0.323. The van der Waals surface area contributed by atoms with Crippen LogP contribution in [-0.4, -0.2) is 34.2 Å². The fraction of sp³-hybridized carbons (Fsp3) is 0.381. The Balaban J connectivity index is 0.00000420. The SMILES string of the molecule is CN=C(NCc1cc(F)ccc1CS(C)(=O)=O)NCC(C)c1cccc(C)c1.I. The summed E-state index contributed by atoms with van der Waals surface area (Å²) in [5.74, 6) is 0.341. The van der Waals surface area contributed by atoms with Crippen LogP contribution in [0.25, 0.3) is 0 Å². The van der Waals surface area contributed by atoms with Gasteiger partial charge in [0, 0.05) is 26.4 Å². The lowest BCUT2D eigenvalue weighted by molar-refractivity contribution is 0.599. The number of rotatable bonds is 7. The predicted molar refractivity (Wildman–Crippen MR) is 128 cm³/mol. The summed E-state index contributed by atoms with van der Waals surface area (Å²) >= 11 is 0. The van der Waals surface area contributed by atoms with E-state index in [4.69, 9.17) is 0 Å². The number of hydrogen-bond acceptors (Lipinski definition) is 3. The number of nitrogens with one attached hydrogen (secondary N) is 2. The summed E-state index contributed by atoms with van der Waals surface area (Å²) in [5.41, 5.74) is 3.64. The van der Waals surface area contributed by atoms with Crippen LogP contribution in [0, 0.1) is 12.7 Å². The van der Waals surface area contributed by atoms with Crippen LogP contribution < -0.4 is 10.6 Å². The van der Waals surface area contributed by atoms with E-state index in [1.54, 1.807) is 7.05 Å². The maximum Gasteiger partial charge on any atom is 0.191 e. The Kier molecular flexibility index (Phi) is 10.0. The molecule has 0 aliphatic heterocycles. The Hall–Kier alpha value is -1.68. The molecule has 0 aliphatic rings. The Morgan fingerprint density at radius 2 is 1.86 bits per heavy atom. The number of benzene rings is 2. The zero-order chi connectivity index (χ0) is 20.7. The molecule has 1 atom stereocenters. The topological polar surface area (TPSA) is 70.6 Å². The molecule has 0 aliphatic carbocycles. The normalized spacial score (nSPS) is 12.8. The van der Waals surface area contributed by atoms with Gasteiger partial charge in [-0.2, -0.15) is 0 Å². The van der Waals surface area contributed by atoms with Crippen molar-refractivity contribution in [2.24, 2.45) is 4.99 Å². The zero-order valence-electron chi connectivity index (χ0n) is 17.2. The van der Waals surface area contributed by atoms with Crippen LogP contribution in [0.5, 0.6) is 0 Å². The molecule has 0 fully saturated rings. The molecule has 2 aromatic carbocycles. The van der Waals surface area contributed by atoms with Gasteiger partial charge in [0.1, 0.15) is 5.82 Å². The van der Waals surface area contributed by atoms with Crippen LogP contribution in [0.3, 0.4) is 0 Å². The Morgan fingerprint density at radius 3 is 2.48 bits per heavy atom. The summed E-state index contributed by atoms with van der Waals surface area (Å²) in [4.78, 5) is 4.20. The molecule has 5 nitrogen and oxygen atoms in total. The highest BCUT2D eigenvalue weighted by Crippen LogP contribution is 2.16. The number of nitrogens with zero attached hydrogens (tertiary/aromatic N) is 1. The van der Waals surface area contributed by atoms with Gasteiger partial charge in [0.05, 0.1) is 5.75 Å². The van der Waals surface area contributed by atoms with Crippen LogP contribution in [0.1, 0.15) is 35.1 Å². The van der Waals surface area contributed by atoms with E-state index in [1.807, 2.05) is 6.07 Å². The lowest BCUT2D eigenvalue weighted by Gasteiger charge is -2.17. The first-order valence-corrected chi connectivity index (χ1v) is 11.2. The van der Waals surface area contributed by atoms with E-state index in [0.717, 1.165) is 0 Å². The molecule has 2 aromatic rings. The van der Waals surface area contributed by atoms with E-state index in [0.29, 0.717) is 23.6 Å². The van der Waals surface area contributed by atoms with Gasteiger partial charge in [-0.1, -0.05) is 42.8 Å². The first kappa shape index (κ1) is 25.4. The average molecular weight is 533 g/mol. The Morgan fingerprint density at radius 1 is 1.14 bits per heavy atom. The van der Waals surface area contributed by atoms with Gasteiger partial charge in [-0.15, -0.1) is 24.0 Å². The lowest BCUT2D eigenvalue weighted by Crippen LogP contribution is -2.38. The van der Waals surface area contributed by atoms with E-state index in [2.05, 4.69) is 47.7 Å². The van der Waals surface area contributed by atoms with Crippen LogP contribution in [-0.2, 0) is 22.1 Å². The fourth-order valence-electron chi connectivity index (χ4n) is 2.93. The fourth-order valence-corrected chi connectivity index (χ4v) is 3.77. The van der Waals surface area contributed by atoms with Crippen molar-refractivity contribution in [1.82, 2.24) is 10.6 Å². The van der Waals surface area contributed by atoms with Crippen molar-refractivity contribution < 1.29 is 12.8 Å². The van der Waals surface area contributed by atoms with Crippen molar-refractivity contribution in [3.8, 4) is 0 Å².